The van der Waals surface area contributed by atoms with Crippen LogP contribution in [0.15, 0.2) is 66.7 Å². The Morgan fingerprint density at radius 2 is 1.72 bits per heavy atom. The number of rotatable bonds is 7. The van der Waals surface area contributed by atoms with Crippen LogP contribution in [0.5, 0.6) is 17.2 Å². The van der Waals surface area contributed by atoms with E-state index in [1.54, 1.807) is 55.5 Å². The van der Waals surface area contributed by atoms with Gasteiger partial charge in [0.25, 0.3) is 11.8 Å². The lowest BCUT2D eigenvalue weighted by molar-refractivity contribution is -0.119. The quantitative estimate of drug-likeness (QED) is 0.592. The van der Waals surface area contributed by atoms with Crippen LogP contribution in [0.3, 0.4) is 0 Å². The van der Waals surface area contributed by atoms with Crippen molar-refractivity contribution in [2.45, 2.75) is 6.17 Å². The van der Waals surface area contributed by atoms with Crippen molar-refractivity contribution >= 4 is 23.2 Å². The smallest absolute Gasteiger partial charge is 0.262 e. The van der Waals surface area contributed by atoms with Gasteiger partial charge in [-0.05, 0) is 42.0 Å². The Bertz CT molecular complexity index is 1150. The minimum atomic E-state index is -0.553. The van der Waals surface area contributed by atoms with Gasteiger partial charge in [-0.3, -0.25) is 14.5 Å². The lowest BCUT2D eigenvalue weighted by atomic mass is 10.0. The van der Waals surface area contributed by atoms with E-state index >= 15 is 0 Å². The van der Waals surface area contributed by atoms with Gasteiger partial charge in [-0.15, -0.1) is 0 Å². The third kappa shape index (κ3) is 4.02. The minimum Gasteiger partial charge on any atom is -0.497 e. The molecule has 3 N–H and O–H groups in total. The molecule has 0 saturated heterocycles. The van der Waals surface area contributed by atoms with Crippen LogP contribution >= 0.6 is 0 Å². The molecule has 1 aliphatic rings. The van der Waals surface area contributed by atoms with Gasteiger partial charge in [-0.1, -0.05) is 24.3 Å². The van der Waals surface area contributed by atoms with E-state index in [0.717, 1.165) is 11.3 Å². The van der Waals surface area contributed by atoms with E-state index in [9.17, 15) is 9.59 Å². The maximum absolute atomic E-state index is 13.6. The monoisotopic (exact) mass is 433 g/mol. The van der Waals surface area contributed by atoms with Crippen molar-refractivity contribution in [1.82, 2.24) is 0 Å². The first-order valence-electron chi connectivity index (χ1n) is 9.94. The number of hydrogen-bond donors (Lipinski definition) is 2. The molecule has 0 spiro atoms. The summed E-state index contributed by atoms with van der Waals surface area (Å²) in [5.41, 5.74) is 7.85. The number of nitrogens with two attached hydrogens (primary N) is 1. The van der Waals surface area contributed by atoms with Crippen molar-refractivity contribution in [2.75, 3.05) is 31.0 Å². The number of anilines is 2. The molecule has 0 saturated carbocycles. The van der Waals surface area contributed by atoms with Crippen LogP contribution in [-0.4, -0.2) is 32.6 Å². The number of carbonyl (C=O) groups excluding carboxylic acids is 2. The van der Waals surface area contributed by atoms with Gasteiger partial charge in [0.2, 0.25) is 0 Å². The normalized spacial score (nSPS) is 14.9. The fourth-order valence-corrected chi connectivity index (χ4v) is 3.62. The second-order valence-electron chi connectivity index (χ2n) is 7.13. The summed E-state index contributed by atoms with van der Waals surface area (Å²) in [7, 11) is 3.12. The zero-order valence-electron chi connectivity index (χ0n) is 17.7. The number of nitrogens with zero attached hydrogens (tertiary/aromatic N) is 1. The highest BCUT2D eigenvalue weighted by Gasteiger charge is 2.35. The largest absolute Gasteiger partial charge is 0.497 e. The second kappa shape index (κ2) is 8.89. The number of amides is 2. The highest BCUT2D eigenvalue weighted by molar-refractivity contribution is 6.12. The Hall–Kier alpha value is -4.20. The summed E-state index contributed by atoms with van der Waals surface area (Å²) in [6.07, 6.45) is -0.509. The first kappa shape index (κ1) is 21.0. The van der Waals surface area contributed by atoms with Gasteiger partial charge in [0.1, 0.15) is 23.4 Å². The van der Waals surface area contributed by atoms with Gasteiger partial charge < -0.3 is 25.3 Å². The molecule has 3 aromatic rings. The van der Waals surface area contributed by atoms with Crippen LogP contribution in [0.1, 0.15) is 22.1 Å². The highest BCUT2D eigenvalue weighted by atomic mass is 16.5. The zero-order valence-corrected chi connectivity index (χ0v) is 17.7. The molecule has 8 heteroatoms. The third-order valence-electron chi connectivity index (χ3n) is 5.15. The molecule has 3 aromatic carbocycles. The van der Waals surface area contributed by atoms with E-state index in [1.807, 2.05) is 30.3 Å². The molecule has 32 heavy (non-hydrogen) atoms. The Labute approximate surface area is 185 Å². The molecule has 0 aromatic heterocycles. The Morgan fingerprint density at radius 1 is 1.00 bits per heavy atom. The molecule has 0 bridgehead atoms. The van der Waals surface area contributed by atoms with E-state index in [1.165, 1.54) is 0 Å². The Balaban J connectivity index is 1.77. The highest BCUT2D eigenvalue weighted by Crippen LogP contribution is 2.41. The fraction of sp³-hybridized carbons (Fsp3) is 0.167. The lowest BCUT2D eigenvalue weighted by Gasteiger charge is -2.38. The molecule has 0 radical (unpaired) electrons. The van der Waals surface area contributed by atoms with Crippen LogP contribution in [0, 0.1) is 0 Å². The summed E-state index contributed by atoms with van der Waals surface area (Å²) in [6.45, 7) is -0.206. The number of hydrogen-bond acceptors (Lipinski definition) is 6. The standard InChI is InChI=1S/C24H23N3O5/c1-30-17-11-12-20(21(13-17)31-2)27-23(26-19-6-4-3-5-18(19)24(27)29)15-7-9-16(10-8-15)32-14-22(25)28/h3-13,23,26H,14H2,1-2H3,(H2,25,28). The second-order valence-corrected chi connectivity index (χ2v) is 7.13. The van der Waals surface area contributed by atoms with E-state index in [2.05, 4.69) is 5.32 Å². The van der Waals surface area contributed by atoms with Crippen LogP contribution in [0.2, 0.25) is 0 Å². The number of para-hydroxylation sites is 1. The molecule has 1 aliphatic heterocycles. The predicted octanol–water partition coefficient (Wildman–Crippen LogP) is 3.34. The number of fused-ring (bicyclic) bond motifs is 1. The van der Waals surface area contributed by atoms with Gasteiger partial charge in [0.15, 0.2) is 6.61 Å². The van der Waals surface area contributed by atoms with Crippen molar-refractivity contribution in [3.63, 3.8) is 0 Å². The van der Waals surface area contributed by atoms with E-state index < -0.39 is 12.1 Å². The molecule has 164 valence electrons. The maximum Gasteiger partial charge on any atom is 0.262 e. The SMILES string of the molecule is COc1ccc(N2C(=O)c3ccccc3NC2c2ccc(OCC(N)=O)cc2)c(OC)c1. The summed E-state index contributed by atoms with van der Waals surface area (Å²) in [6, 6.07) is 19.8. The maximum atomic E-state index is 13.6. The van der Waals surface area contributed by atoms with Crippen LogP contribution in [0.4, 0.5) is 11.4 Å². The molecule has 0 aliphatic carbocycles. The average Bonchev–Trinajstić information content (AvgIpc) is 2.82. The van der Waals surface area contributed by atoms with Gasteiger partial charge >= 0.3 is 0 Å². The summed E-state index contributed by atoms with van der Waals surface area (Å²) in [4.78, 5) is 26.2. The molecule has 1 heterocycles. The van der Waals surface area contributed by atoms with Crippen LogP contribution < -0.4 is 30.2 Å². The predicted molar refractivity (Wildman–Crippen MR) is 120 cm³/mol. The molecule has 2 amide bonds. The fourth-order valence-electron chi connectivity index (χ4n) is 3.62. The molecular weight excluding hydrogens is 410 g/mol. The molecule has 8 nitrogen and oxygen atoms in total. The van der Waals surface area contributed by atoms with Crippen molar-refractivity contribution in [2.24, 2.45) is 5.73 Å². The summed E-state index contributed by atoms with van der Waals surface area (Å²) < 4.78 is 16.2. The van der Waals surface area contributed by atoms with Crippen LogP contribution in [-0.2, 0) is 4.79 Å². The van der Waals surface area contributed by atoms with Gasteiger partial charge in [-0.2, -0.15) is 0 Å². The molecule has 1 unspecified atom stereocenters. The molecule has 1 atom stereocenters. The van der Waals surface area contributed by atoms with E-state index in [0.29, 0.717) is 28.5 Å². The van der Waals surface area contributed by atoms with Gasteiger partial charge in [0, 0.05) is 11.8 Å². The number of carbonyl (C=O) groups is 2. The topological polar surface area (TPSA) is 103 Å². The number of benzene rings is 3. The number of methoxy groups -OCH3 is 2. The van der Waals surface area contributed by atoms with E-state index in [4.69, 9.17) is 19.9 Å². The van der Waals surface area contributed by atoms with Crippen LogP contribution in [0.25, 0.3) is 0 Å². The minimum absolute atomic E-state index is 0.165. The first-order chi connectivity index (χ1) is 15.5. The molecule has 4 rings (SSSR count). The third-order valence-corrected chi connectivity index (χ3v) is 5.15. The summed E-state index contributed by atoms with van der Waals surface area (Å²) >= 11 is 0. The summed E-state index contributed by atoms with van der Waals surface area (Å²) in [5.74, 6) is 0.912. The number of ether oxygens (including phenoxy) is 3. The zero-order chi connectivity index (χ0) is 22.7. The molecule has 0 fully saturated rings. The number of primary amides is 1. The van der Waals surface area contributed by atoms with Gasteiger partial charge in [0.05, 0.1) is 25.5 Å². The Morgan fingerprint density at radius 3 is 2.41 bits per heavy atom. The lowest BCUT2D eigenvalue weighted by Crippen LogP contribution is -2.43. The van der Waals surface area contributed by atoms with Crippen molar-refractivity contribution < 1.29 is 23.8 Å². The van der Waals surface area contributed by atoms with Crippen molar-refractivity contribution in [3.05, 3.63) is 77.9 Å². The number of nitrogens with one attached hydrogen (secondary N) is 1. The van der Waals surface area contributed by atoms with E-state index in [-0.39, 0.29) is 12.5 Å². The van der Waals surface area contributed by atoms with Crippen molar-refractivity contribution in [1.29, 1.82) is 0 Å². The molecular formula is C24H23N3O5. The first-order valence-corrected chi connectivity index (χ1v) is 9.94. The van der Waals surface area contributed by atoms with Crippen molar-refractivity contribution in [3.8, 4) is 17.2 Å². The Kier molecular flexibility index (Phi) is 5.85. The summed E-state index contributed by atoms with van der Waals surface area (Å²) in [5, 5.41) is 3.45. The van der Waals surface area contributed by atoms with Gasteiger partial charge in [-0.25, -0.2) is 0 Å². The average molecular weight is 433 g/mol.